The molecule has 2 aliphatic heterocycles. The molecule has 6 nitrogen and oxygen atoms in total. The summed E-state index contributed by atoms with van der Waals surface area (Å²) in [6, 6.07) is 8.45. The largest absolute Gasteiger partial charge is 0.497 e. The Labute approximate surface area is 184 Å². The van der Waals surface area contributed by atoms with E-state index >= 15 is 0 Å². The molecule has 1 spiro atoms. The molecule has 164 valence electrons. The van der Waals surface area contributed by atoms with Gasteiger partial charge in [-0.1, -0.05) is 44.2 Å². The summed E-state index contributed by atoms with van der Waals surface area (Å²) in [5.74, 6) is 0.838. The fraction of sp³-hybridized carbons (Fsp3) is 0.609. The third kappa shape index (κ3) is 5.45. The summed E-state index contributed by atoms with van der Waals surface area (Å²) in [6.07, 6.45) is 12.8. The second-order valence-electron chi connectivity index (χ2n) is 8.55. The Morgan fingerprint density at radius 1 is 1.17 bits per heavy atom. The Hall–Kier alpha value is -1.83. The summed E-state index contributed by atoms with van der Waals surface area (Å²) in [4.78, 5) is 12.0. The van der Waals surface area contributed by atoms with Gasteiger partial charge in [-0.05, 0) is 56.1 Å². The molecule has 0 unspecified atom stereocenters. The van der Waals surface area contributed by atoms with Crippen molar-refractivity contribution in [3.63, 3.8) is 0 Å². The minimum absolute atomic E-state index is 0.299. The maximum atomic E-state index is 6.01. The maximum Gasteiger partial charge on any atom is 0.278 e. The van der Waals surface area contributed by atoms with Gasteiger partial charge in [-0.3, -0.25) is 10.3 Å². The van der Waals surface area contributed by atoms with Gasteiger partial charge in [0, 0.05) is 24.7 Å². The van der Waals surface area contributed by atoms with Gasteiger partial charge in [-0.25, -0.2) is 0 Å². The molecular weight excluding hydrogens is 398 g/mol. The molecular formula is C23H33N3O3S. The Morgan fingerprint density at radius 2 is 1.90 bits per heavy atom. The zero-order valence-electron chi connectivity index (χ0n) is 17.8. The van der Waals surface area contributed by atoms with Crippen molar-refractivity contribution >= 4 is 23.1 Å². The van der Waals surface area contributed by atoms with Crippen molar-refractivity contribution < 1.29 is 14.4 Å². The Bertz CT molecular complexity index is 754. The van der Waals surface area contributed by atoms with E-state index in [4.69, 9.17) is 26.6 Å². The van der Waals surface area contributed by atoms with E-state index in [1.165, 1.54) is 44.9 Å². The number of methoxy groups -OCH3 is 1. The van der Waals surface area contributed by atoms with Crippen molar-refractivity contribution in [2.75, 3.05) is 20.2 Å². The third-order valence-electron chi connectivity index (χ3n) is 6.36. The smallest absolute Gasteiger partial charge is 0.278 e. The molecule has 0 aromatic heterocycles. The molecule has 1 saturated carbocycles. The lowest BCUT2D eigenvalue weighted by Gasteiger charge is -2.36. The van der Waals surface area contributed by atoms with Crippen LogP contribution >= 0.6 is 12.2 Å². The summed E-state index contributed by atoms with van der Waals surface area (Å²) in [5.41, 5.74) is 4.87. The van der Waals surface area contributed by atoms with E-state index in [0.29, 0.717) is 11.2 Å². The van der Waals surface area contributed by atoms with Gasteiger partial charge in [-0.15, -0.1) is 5.06 Å². The first-order valence-corrected chi connectivity index (χ1v) is 11.6. The van der Waals surface area contributed by atoms with Crippen LogP contribution < -0.4 is 15.5 Å². The summed E-state index contributed by atoms with van der Waals surface area (Å²) in [7, 11) is 1.68. The minimum atomic E-state index is -0.299. The van der Waals surface area contributed by atoms with Crippen molar-refractivity contribution in [2.45, 2.75) is 69.4 Å². The number of nitrogens with zero attached hydrogens (tertiary/aromatic N) is 1. The molecule has 1 aliphatic carbocycles. The molecule has 4 rings (SSSR count). The molecule has 2 N–H and O–H groups in total. The highest BCUT2D eigenvalue weighted by Crippen LogP contribution is 2.35. The average molecular weight is 432 g/mol. The molecule has 7 heteroatoms. The molecule has 2 fully saturated rings. The van der Waals surface area contributed by atoms with Crippen LogP contribution in [0.25, 0.3) is 5.70 Å². The van der Waals surface area contributed by atoms with Crippen molar-refractivity contribution in [1.82, 2.24) is 15.9 Å². The topological polar surface area (TPSA) is 55.0 Å². The lowest BCUT2D eigenvalue weighted by atomic mass is 9.91. The Balaban J connectivity index is 1.27. The molecule has 1 aromatic rings. The highest BCUT2D eigenvalue weighted by Gasteiger charge is 2.39. The number of hydroxylamine groups is 3. The van der Waals surface area contributed by atoms with Gasteiger partial charge < -0.3 is 14.9 Å². The van der Waals surface area contributed by atoms with E-state index in [-0.39, 0.29) is 5.60 Å². The van der Waals surface area contributed by atoms with Crippen molar-refractivity contribution in [3.8, 4) is 5.75 Å². The summed E-state index contributed by atoms with van der Waals surface area (Å²) >= 11 is 5.48. The standard InChI is InChI=1S/C23H33N3O3S/c1-27-20-11-7-8-18(16-20)21-17-23(29-25-21)12-14-26(15-13-23)28-22(30)24-19-9-5-3-2-4-6-10-19/h7-8,11,16-17,19,25H,2-6,9-10,12-15H2,1H3,(H,24,30). The first-order chi connectivity index (χ1) is 14.7. The number of thiocarbonyl (C=S) groups is 1. The Morgan fingerprint density at radius 3 is 2.63 bits per heavy atom. The average Bonchev–Trinajstić information content (AvgIpc) is 3.16. The summed E-state index contributed by atoms with van der Waals surface area (Å²) in [6.45, 7) is 1.55. The third-order valence-corrected chi connectivity index (χ3v) is 6.55. The number of hydrogen-bond donors (Lipinski definition) is 2. The monoisotopic (exact) mass is 431 g/mol. The van der Waals surface area contributed by atoms with Crippen molar-refractivity contribution in [3.05, 3.63) is 35.9 Å². The van der Waals surface area contributed by atoms with Gasteiger partial charge in [0.25, 0.3) is 5.17 Å². The number of benzene rings is 1. The van der Waals surface area contributed by atoms with Gasteiger partial charge in [-0.2, -0.15) is 0 Å². The lowest BCUT2D eigenvalue weighted by molar-refractivity contribution is -0.144. The molecule has 2 heterocycles. The van der Waals surface area contributed by atoms with Crippen LogP contribution in [-0.2, 0) is 9.68 Å². The summed E-state index contributed by atoms with van der Waals surface area (Å²) in [5, 5.41) is 5.91. The van der Waals surface area contributed by atoms with E-state index in [1.807, 2.05) is 23.3 Å². The molecule has 0 amide bonds. The Kier molecular flexibility index (Phi) is 7.12. The van der Waals surface area contributed by atoms with Crippen LogP contribution in [0.4, 0.5) is 0 Å². The number of piperidine rings is 1. The number of ether oxygens (including phenoxy) is 1. The van der Waals surface area contributed by atoms with E-state index in [2.05, 4.69) is 22.9 Å². The molecule has 0 radical (unpaired) electrons. The first kappa shape index (κ1) is 21.4. The zero-order chi connectivity index (χ0) is 20.8. The van der Waals surface area contributed by atoms with Crippen LogP contribution in [0.3, 0.4) is 0 Å². The van der Waals surface area contributed by atoms with Crippen LogP contribution in [0.15, 0.2) is 30.3 Å². The fourth-order valence-corrected chi connectivity index (χ4v) is 4.80. The van der Waals surface area contributed by atoms with Crippen LogP contribution in [0.5, 0.6) is 5.75 Å². The number of nitrogens with one attached hydrogen (secondary N) is 2. The molecule has 1 saturated heterocycles. The summed E-state index contributed by atoms with van der Waals surface area (Å²) < 4.78 is 5.33. The van der Waals surface area contributed by atoms with Crippen molar-refractivity contribution in [1.29, 1.82) is 0 Å². The number of rotatable bonds is 4. The SMILES string of the molecule is COc1cccc(C2=CC3(CCN(OC(=S)NC4CCCCCCC4)CC3)ON2)c1. The highest BCUT2D eigenvalue weighted by atomic mass is 32.1. The normalized spacial score (nSPS) is 22.5. The molecule has 3 aliphatic rings. The number of hydrogen-bond acceptors (Lipinski definition) is 6. The van der Waals surface area contributed by atoms with Gasteiger partial charge in [0.15, 0.2) is 0 Å². The molecule has 30 heavy (non-hydrogen) atoms. The molecule has 0 atom stereocenters. The molecule has 0 bridgehead atoms. The minimum Gasteiger partial charge on any atom is -0.497 e. The predicted molar refractivity (Wildman–Crippen MR) is 122 cm³/mol. The maximum absolute atomic E-state index is 6.01. The van der Waals surface area contributed by atoms with Crippen molar-refractivity contribution in [2.24, 2.45) is 0 Å². The second kappa shape index (κ2) is 9.98. The van der Waals surface area contributed by atoms with Crippen LogP contribution in [0.1, 0.15) is 63.4 Å². The highest BCUT2D eigenvalue weighted by molar-refractivity contribution is 7.80. The van der Waals surface area contributed by atoms with Crippen LogP contribution in [0.2, 0.25) is 0 Å². The second-order valence-corrected chi connectivity index (χ2v) is 8.92. The zero-order valence-corrected chi connectivity index (χ0v) is 18.6. The fourth-order valence-electron chi connectivity index (χ4n) is 4.52. The van der Waals surface area contributed by atoms with E-state index in [1.54, 1.807) is 7.11 Å². The van der Waals surface area contributed by atoms with E-state index in [0.717, 1.165) is 42.9 Å². The van der Waals surface area contributed by atoms with Crippen LogP contribution in [-0.4, -0.2) is 42.1 Å². The van der Waals surface area contributed by atoms with Gasteiger partial charge in [0.1, 0.15) is 11.4 Å². The van der Waals surface area contributed by atoms with Crippen LogP contribution in [0, 0.1) is 0 Å². The van der Waals surface area contributed by atoms with Gasteiger partial charge in [0.2, 0.25) is 0 Å². The van der Waals surface area contributed by atoms with E-state index < -0.39 is 0 Å². The quantitative estimate of drug-likeness (QED) is 0.689. The predicted octanol–water partition coefficient (Wildman–Crippen LogP) is 4.32. The molecule has 1 aromatic carbocycles. The van der Waals surface area contributed by atoms with Gasteiger partial charge in [0.05, 0.1) is 12.8 Å². The lowest BCUT2D eigenvalue weighted by Crippen LogP contribution is -2.47. The van der Waals surface area contributed by atoms with E-state index in [9.17, 15) is 0 Å². The van der Waals surface area contributed by atoms with Gasteiger partial charge >= 0.3 is 0 Å². The first-order valence-electron chi connectivity index (χ1n) is 11.2.